The second-order valence-corrected chi connectivity index (χ2v) is 8.08. The fourth-order valence-electron chi connectivity index (χ4n) is 2.59. The molecule has 0 fully saturated rings. The topological polar surface area (TPSA) is 107 Å². The number of rotatable bonds is 5. The fourth-order valence-corrected chi connectivity index (χ4v) is 4.16. The van der Waals surface area contributed by atoms with Gasteiger partial charge in [-0.1, -0.05) is 17.7 Å². The van der Waals surface area contributed by atoms with Crippen molar-refractivity contribution in [2.24, 2.45) is 5.73 Å². The number of carbonyl (C=O) groups excluding carboxylic acids is 1. The average molecular weight is 405 g/mol. The van der Waals surface area contributed by atoms with Gasteiger partial charge >= 0.3 is 0 Å². The third-order valence-corrected chi connectivity index (χ3v) is 5.91. The lowest BCUT2D eigenvalue weighted by molar-refractivity contribution is 0.100. The lowest BCUT2D eigenvalue weighted by atomic mass is 10.1. The van der Waals surface area contributed by atoms with E-state index in [1.54, 1.807) is 37.5 Å². The highest BCUT2D eigenvalue weighted by molar-refractivity contribution is 7.92. The third kappa shape index (κ3) is 3.81. The molecular weight excluding hydrogens is 388 g/mol. The number of amides is 1. The predicted molar refractivity (Wildman–Crippen MR) is 104 cm³/mol. The van der Waals surface area contributed by atoms with Gasteiger partial charge < -0.3 is 5.73 Å². The second-order valence-electron chi connectivity index (χ2n) is 6.03. The zero-order valence-corrected chi connectivity index (χ0v) is 16.2. The quantitative estimate of drug-likeness (QED) is 0.681. The lowest BCUT2D eigenvalue weighted by Gasteiger charge is -2.15. The average Bonchev–Trinajstić information content (AvgIpc) is 3.03. The van der Waals surface area contributed by atoms with Crippen molar-refractivity contribution in [2.45, 2.75) is 18.7 Å². The van der Waals surface area contributed by atoms with Crippen LogP contribution in [0.3, 0.4) is 0 Å². The highest BCUT2D eigenvalue weighted by Crippen LogP contribution is 2.28. The molecule has 0 atom stereocenters. The van der Waals surface area contributed by atoms with E-state index in [4.69, 9.17) is 17.3 Å². The van der Waals surface area contributed by atoms with E-state index in [9.17, 15) is 13.2 Å². The third-order valence-electron chi connectivity index (χ3n) is 3.99. The molecule has 7 nitrogen and oxygen atoms in total. The van der Waals surface area contributed by atoms with Crippen LogP contribution in [0.1, 0.15) is 21.5 Å². The van der Waals surface area contributed by atoms with Gasteiger partial charge in [-0.2, -0.15) is 5.10 Å². The first-order chi connectivity index (χ1) is 12.7. The maximum Gasteiger partial charge on any atom is 0.262 e. The van der Waals surface area contributed by atoms with Gasteiger partial charge in [0, 0.05) is 16.8 Å². The first kappa shape index (κ1) is 18.9. The summed E-state index contributed by atoms with van der Waals surface area (Å²) in [5.41, 5.74) is 7.46. The molecular formula is C18H17ClN4O3S. The summed E-state index contributed by atoms with van der Waals surface area (Å²) in [5.74, 6) is -0.669. The van der Waals surface area contributed by atoms with Crippen LogP contribution in [0.4, 0.5) is 5.69 Å². The zero-order chi connectivity index (χ0) is 19.8. The molecule has 9 heteroatoms. The number of nitrogens with one attached hydrogen (secondary N) is 1. The van der Waals surface area contributed by atoms with Crippen molar-refractivity contribution in [1.82, 2.24) is 9.78 Å². The maximum atomic E-state index is 12.9. The van der Waals surface area contributed by atoms with Crippen LogP contribution in [0.5, 0.6) is 0 Å². The molecule has 0 saturated carbocycles. The Morgan fingerprint density at radius 3 is 2.59 bits per heavy atom. The van der Waals surface area contributed by atoms with Gasteiger partial charge in [-0.05, 0) is 55.3 Å². The molecule has 3 rings (SSSR count). The smallest absolute Gasteiger partial charge is 0.262 e. The lowest BCUT2D eigenvalue weighted by Crippen LogP contribution is -2.18. The number of hydrogen-bond donors (Lipinski definition) is 2. The minimum atomic E-state index is -3.96. The van der Waals surface area contributed by atoms with Gasteiger partial charge in [-0.15, -0.1) is 0 Å². The number of aromatic nitrogens is 2. The number of anilines is 1. The van der Waals surface area contributed by atoms with Crippen LogP contribution in [-0.4, -0.2) is 24.1 Å². The molecule has 3 aromatic rings. The second kappa shape index (κ2) is 7.05. The summed E-state index contributed by atoms with van der Waals surface area (Å²) in [4.78, 5) is 11.6. The van der Waals surface area contributed by atoms with Gasteiger partial charge in [-0.25, -0.2) is 13.1 Å². The Bertz CT molecular complexity index is 1140. The summed E-state index contributed by atoms with van der Waals surface area (Å²) < 4.78 is 29.9. The Kier molecular flexibility index (Phi) is 4.95. The van der Waals surface area contributed by atoms with Gasteiger partial charge in [0.25, 0.3) is 10.0 Å². The van der Waals surface area contributed by atoms with E-state index in [0.717, 1.165) is 5.56 Å². The summed E-state index contributed by atoms with van der Waals surface area (Å²) in [6.07, 6.45) is 3.38. The SMILES string of the molecule is Cc1cnn(-c2ccc(C(N)=O)cc2NS(=O)(=O)c2cccc(Cl)c2C)c1. The van der Waals surface area contributed by atoms with Crippen LogP contribution in [0.15, 0.2) is 53.7 Å². The van der Waals surface area contributed by atoms with Crippen molar-refractivity contribution in [3.05, 3.63) is 70.5 Å². The minimum absolute atomic E-state index is 0.0436. The number of nitrogens with zero attached hydrogens (tertiary/aromatic N) is 2. The molecule has 1 aromatic heterocycles. The Morgan fingerprint density at radius 2 is 1.96 bits per heavy atom. The van der Waals surface area contributed by atoms with E-state index < -0.39 is 15.9 Å². The number of nitrogens with two attached hydrogens (primary N) is 1. The van der Waals surface area contributed by atoms with E-state index in [1.807, 2.05) is 6.92 Å². The minimum Gasteiger partial charge on any atom is -0.366 e. The molecule has 140 valence electrons. The van der Waals surface area contributed by atoms with Crippen molar-refractivity contribution >= 4 is 33.2 Å². The Balaban J connectivity index is 2.13. The molecule has 0 radical (unpaired) electrons. The van der Waals surface area contributed by atoms with Crippen molar-refractivity contribution in [1.29, 1.82) is 0 Å². The Hall–Kier alpha value is -2.84. The molecule has 0 aliphatic carbocycles. The molecule has 0 unspecified atom stereocenters. The fraction of sp³-hybridized carbons (Fsp3) is 0.111. The number of sulfonamides is 1. The first-order valence-corrected chi connectivity index (χ1v) is 9.78. The molecule has 2 aromatic carbocycles. The van der Waals surface area contributed by atoms with Crippen LogP contribution in [-0.2, 0) is 10.0 Å². The molecule has 27 heavy (non-hydrogen) atoms. The Labute approximate surface area is 161 Å². The first-order valence-electron chi connectivity index (χ1n) is 7.92. The molecule has 1 heterocycles. The van der Waals surface area contributed by atoms with Crippen molar-refractivity contribution in [3.8, 4) is 5.69 Å². The summed E-state index contributed by atoms with van der Waals surface area (Å²) >= 11 is 6.05. The number of aryl methyl sites for hydroxylation is 1. The van der Waals surface area contributed by atoms with E-state index in [2.05, 4.69) is 9.82 Å². The van der Waals surface area contributed by atoms with Crippen molar-refractivity contribution in [3.63, 3.8) is 0 Å². The molecule has 0 bridgehead atoms. The van der Waals surface area contributed by atoms with Crippen molar-refractivity contribution < 1.29 is 13.2 Å². The summed E-state index contributed by atoms with van der Waals surface area (Å²) in [5, 5.41) is 4.54. The van der Waals surface area contributed by atoms with Gasteiger partial charge in [0.2, 0.25) is 5.91 Å². The van der Waals surface area contributed by atoms with Crippen molar-refractivity contribution in [2.75, 3.05) is 4.72 Å². The van der Waals surface area contributed by atoms with Gasteiger partial charge in [-0.3, -0.25) is 9.52 Å². The molecule has 1 amide bonds. The normalized spacial score (nSPS) is 11.4. The molecule has 0 spiro atoms. The number of hydrogen-bond acceptors (Lipinski definition) is 4. The number of halogens is 1. The van der Waals surface area contributed by atoms with Crippen LogP contribution in [0, 0.1) is 13.8 Å². The molecule has 3 N–H and O–H groups in total. The van der Waals surface area contributed by atoms with Crippen LogP contribution in [0.2, 0.25) is 5.02 Å². The summed E-state index contributed by atoms with van der Waals surface area (Å²) in [6, 6.07) is 9.10. The summed E-state index contributed by atoms with van der Waals surface area (Å²) in [7, 11) is -3.96. The van der Waals surface area contributed by atoms with E-state index in [1.165, 1.54) is 22.9 Å². The van der Waals surface area contributed by atoms with Crippen LogP contribution in [0.25, 0.3) is 5.69 Å². The molecule has 0 saturated heterocycles. The highest BCUT2D eigenvalue weighted by atomic mass is 35.5. The molecule has 0 aliphatic heterocycles. The van der Waals surface area contributed by atoms with E-state index in [0.29, 0.717) is 16.3 Å². The standard InChI is InChI=1S/C18H17ClN4O3S/c1-11-9-21-23(10-11)16-7-6-13(18(20)24)8-15(16)22-27(25,26)17-5-3-4-14(19)12(17)2/h3-10,22H,1-2H3,(H2,20,24). The summed E-state index contributed by atoms with van der Waals surface area (Å²) in [6.45, 7) is 3.48. The zero-order valence-electron chi connectivity index (χ0n) is 14.6. The largest absolute Gasteiger partial charge is 0.366 e. The molecule has 0 aliphatic rings. The van der Waals surface area contributed by atoms with E-state index in [-0.39, 0.29) is 16.1 Å². The predicted octanol–water partition coefficient (Wildman–Crippen LogP) is 3.04. The van der Waals surface area contributed by atoms with Gasteiger partial charge in [0.15, 0.2) is 0 Å². The van der Waals surface area contributed by atoms with Crippen LogP contribution < -0.4 is 10.5 Å². The van der Waals surface area contributed by atoms with Gasteiger partial charge in [0.05, 0.1) is 22.5 Å². The number of benzene rings is 2. The Morgan fingerprint density at radius 1 is 1.22 bits per heavy atom. The monoisotopic (exact) mass is 404 g/mol. The highest BCUT2D eigenvalue weighted by Gasteiger charge is 2.21. The van der Waals surface area contributed by atoms with Gasteiger partial charge in [0.1, 0.15) is 0 Å². The van der Waals surface area contributed by atoms with Crippen LogP contribution >= 0.6 is 11.6 Å². The number of carbonyl (C=O) groups is 1. The van der Waals surface area contributed by atoms with E-state index >= 15 is 0 Å². The number of primary amides is 1. The maximum absolute atomic E-state index is 12.9.